The average Bonchev–Trinajstić information content (AvgIpc) is 3.10. The van der Waals surface area contributed by atoms with Crippen LogP contribution in [-0.2, 0) is 16.1 Å². The fourth-order valence-electron chi connectivity index (χ4n) is 3.80. The van der Waals surface area contributed by atoms with E-state index >= 15 is 0 Å². The number of aromatic nitrogens is 2. The molecule has 0 spiro atoms. The van der Waals surface area contributed by atoms with Gasteiger partial charge < -0.3 is 9.64 Å². The molecule has 7 nitrogen and oxygen atoms in total. The molecule has 0 radical (unpaired) electrons. The molecule has 2 saturated heterocycles. The lowest BCUT2D eigenvalue weighted by Crippen LogP contribution is -2.38. The monoisotopic (exact) mass is 498 g/mol. The fourth-order valence-corrected chi connectivity index (χ4v) is 5.23. The van der Waals surface area contributed by atoms with Crippen molar-refractivity contribution in [2.45, 2.75) is 6.54 Å². The molecule has 5 rings (SSSR count). The number of halogens is 1. The summed E-state index contributed by atoms with van der Waals surface area (Å²) in [5, 5.41) is 0.571. The van der Waals surface area contributed by atoms with Crippen LogP contribution >= 0.6 is 35.6 Å². The largest absolute Gasteiger partial charge is 0.378 e. The van der Waals surface area contributed by atoms with Crippen molar-refractivity contribution in [3.8, 4) is 0 Å². The molecule has 1 amide bonds. The summed E-state index contributed by atoms with van der Waals surface area (Å²) < 4.78 is 7.37. The molecule has 2 aromatic heterocycles. The molecule has 10 heteroatoms. The van der Waals surface area contributed by atoms with Gasteiger partial charge in [0.1, 0.15) is 15.8 Å². The maximum atomic E-state index is 13.4. The summed E-state index contributed by atoms with van der Waals surface area (Å²) in [5.74, 6) is 0.293. The smallest absolute Gasteiger partial charge is 0.267 e. The molecule has 0 unspecified atom stereocenters. The molecule has 33 heavy (non-hydrogen) atoms. The quantitative estimate of drug-likeness (QED) is 0.402. The predicted octanol–water partition coefficient (Wildman–Crippen LogP) is 3.59. The van der Waals surface area contributed by atoms with E-state index < -0.39 is 0 Å². The van der Waals surface area contributed by atoms with Crippen LogP contribution in [0.4, 0.5) is 5.82 Å². The fraction of sp³-hybridized carbons (Fsp3) is 0.217. The summed E-state index contributed by atoms with van der Waals surface area (Å²) in [5.41, 5.74) is 1.47. The number of anilines is 1. The molecule has 0 atom stereocenters. The number of rotatable bonds is 4. The number of amides is 1. The first-order chi connectivity index (χ1) is 16.0. The highest BCUT2D eigenvalue weighted by Crippen LogP contribution is 2.35. The molecule has 0 aliphatic carbocycles. The Hall–Kier alpha value is -2.72. The van der Waals surface area contributed by atoms with Crippen LogP contribution in [0, 0.1) is 0 Å². The van der Waals surface area contributed by atoms with Gasteiger partial charge in [-0.25, -0.2) is 4.98 Å². The highest BCUT2D eigenvalue weighted by molar-refractivity contribution is 8.26. The highest BCUT2D eigenvalue weighted by atomic mass is 35.5. The second kappa shape index (κ2) is 9.26. The average molecular weight is 499 g/mol. The highest BCUT2D eigenvalue weighted by Gasteiger charge is 2.33. The molecule has 4 heterocycles. The maximum absolute atomic E-state index is 13.4. The number of carbonyl (C=O) groups is 1. The van der Waals surface area contributed by atoms with E-state index in [2.05, 4.69) is 0 Å². The van der Waals surface area contributed by atoms with Gasteiger partial charge in [-0.05, 0) is 29.8 Å². The van der Waals surface area contributed by atoms with Gasteiger partial charge >= 0.3 is 0 Å². The van der Waals surface area contributed by atoms with Gasteiger partial charge in [-0.15, -0.1) is 0 Å². The first-order valence-corrected chi connectivity index (χ1v) is 12.0. The summed E-state index contributed by atoms with van der Waals surface area (Å²) in [6, 6.07) is 12.7. The lowest BCUT2D eigenvalue weighted by molar-refractivity contribution is -0.122. The van der Waals surface area contributed by atoms with Crippen molar-refractivity contribution in [1.29, 1.82) is 0 Å². The normalized spacial score (nSPS) is 18.0. The van der Waals surface area contributed by atoms with E-state index in [4.69, 9.17) is 33.5 Å². The lowest BCUT2D eigenvalue weighted by atomic mass is 10.2. The van der Waals surface area contributed by atoms with Gasteiger partial charge in [0, 0.05) is 24.3 Å². The summed E-state index contributed by atoms with van der Waals surface area (Å²) in [6.07, 6.45) is 3.29. The first-order valence-electron chi connectivity index (χ1n) is 10.4. The molecule has 0 bridgehead atoms. The lowest BCUT2D eigenvalue weighted by Gasteiger charge is -2.29. The minimum Gasteiger partial charge on any atom is -0.378 e. The Kier molecular flexibility index (Phi) is 6.20. The second-order valence-corrected chi connectivity index (χ2v) is 9.62. The zero-order valence-electron chi connectivity index (χ0n) is 17.4. The number of pyridine rings is 1. The van der Waals surface area contributed by atoms with Crippen LogP contribution in [0.15, 0.2) is 58.4 Å². The zero-order valence-corrected chi connectivity index (χ0v) is 19.8. The third kappa shape index (κ3) is 4.29. The van der Waals surface area contributed by atoms with E-state index in [1.54, 1.807) is 30.5 Å². The van der Waals surface area contributed by atoms with Gasteiger partial charge in [0.25, 0.3) is 11.5 Å². The Labute approximate surface area is 204 Å². The molecule has 3 aromatic rings. The number of hydrogen-bond acceptors (Lipinski definition) is 7. The van der Waals surface area contributed by atoms with E-state index in [-0.39, 0.29) is 18.0 Å². The molecule has 0 N–H and O–H groups in total. The van der Waals surface area contributed by atoms with Crippen LogP contribution in [0.25, 0.3) is 11.7 Å². The van der Waals surface area contributed by atoms with Gasteiger partial charge in [-0.2, -0.15) is 0 Å². The van der Waals surface area contributed by atoms with Gasteiger partial charge in [-0.1, -0.05) is 59.8 Å². The number of ether oxygens (including phenoxy) is 1. The Morgan fingerprint density at radius 1 is 1.12 bits per heavy atom. The summed E-state index contributed by atoms with van der Waals surface area (Å²) in [7, 11) is 0. The standard InChI is InChI=1S/C23H19ClN4O3S2/c24-17-6-2-1-5-15(17)14-28-22(30)18(33-23(28)32)13-16-20(26-9-11-31-12-10-26)25-19-7-3-4-8-27(19)21(16)29/h1-8,13H,9-12,14H2/b18-13-. The van der Waals surface area contributed by atoms with Crippen molar-refractivity contribution < 1.29 is 9.53 Å². The number of thiocarbonyl (C=S) groups is 1. The third-order valence-corrected chi connectivity index (χ3v) is 7.24. The summed E-state index contributed by atoms with van der Waals surface area (Å²) >= 11 is 12.9. The molecular weight excluding hydrogens is 480 g/mol. The first kappa shape index (κ1) is 22.1. The van der Waals surface area contributed by atoms with Gasteiger partial charge in [0.05, 0.1) is 30.2 Å². The van der Waals surface area contributed by atoms with Crippen LogP contribution in [0.1, 0.15) is 11.1 Å². The molecule has 0 saturated carbocycles. The Bertz CT molecular complexity index is 1350. The van der Waals surface area contributed by atoms with Crippen LogP contribution < -0.4 is 10.5 Å². The number of hydrogen-bond donors (Lipinski definition) is 0. The van der Waals surface area contributed by atoms with Gasteiger partial charge in [0.15, 0.2) is 0 Å². The van der Waals surface area contributed by atoms with E-state index in [9.17, 15) is 9.59 Å². The van der Waals surface area contributed by atoms with Gasteiger partial charge in [0.2, 0.25) is 0 Å². The number of morpholine rings is 1. The summed E-state index contributed by atoms with van der Waals surface area (Å²) in [6.45, 7) is 2.60. The second-order valence-electron chi connectivity index (χ2n) is 7.54. The number of thioether (sulfide) groups is 1. The molecule has 2 aliphatic rings. The van der Waals surface area contributed by atoms with Crippen LogP contribution in [-0.4, -0.2) is 50.8 Å². The van der Waals surface area contributed by atoms with Crippen molar-refractivity contribution in [3.63, 3.8) is 0 Å². The molecule has 1 aromatic carbocycles. The predicted molar refractivity (Wildman–Crippen MR) is 135 cm³/mol. The number of carbonyl (C=O) groups excluding carboxylic acids is 1. The topological polar surface area (TPSA) is 67.2 Å². The van der Waals surface area contributed by atoms with Crippen LogP contribution in [0.5, 0.6) is 0 Å². The van der Waals surface area contributed by atoms with Crippen LogP contribution in [0.2, 0.25) is 5.02 Å². The van der Waals surface area contributed by atoms with Crippen molar-refractivity contribution in [3.05, 3.63) is 80.1 Å². The van der Waals surface area contributed by atoms with Crippen molar-refractivity contribution in [2.75, 3.05) is 31.2 Å². The molecular formula is C23H19ClN4O3S2. The SMILES string of the molecule is O=C1/C(=C/c2c(N3CCOCC3)nc3ccccn3c2=O)SC(=S)N1Cc1ccccc1Cl. The third-order valence-electron chi connectivity index (χ3n) is 5.49. The zero-order chi connectivity index (χ0) is 22.9. The molecule has 168 valence electrons. The Morgan fingerprint density at radius 2 is 1.88 bits per heavy atom. The van der Waals surface area contributed by atoms with E-state index in [0.29, 0.717) is 57.6 Å². The Morgan fingerprint density at radius 3 is 2.67 bits per heavy atom. The Balaban J connectivity index is 1.56. The van der Waals surface area contributed by atoms with Crippen molar-refractivity contribution in [1.82, 2.24) is 14.3 Å². The van der Waals surface area contributed by atoms with E-state index in [0.717, 1.165) is 5.56 Å². The molecule has 2 aliphatic heterocycles. The van der Waals surface area contributed by atoms with Crippen molar-refractivity contribution in [2.24, 2.45) is 0 Å². The number of fused-ring (bicyclic) bond motifs is 1. The number of benzene rings is 1. The minimum absolute atomic E-state index is 0.238. The number of nitrogens with zero attached hydrogens (tertiary/aromatic N) is 4. The minimum atomic E-state index is -0.254. The maximum Gasteiger partial charge on any atom is 0.267 e. The van der Waals surface area contributed by atoms with E-state index in [1.807, 2.05) is 29.2 Å². The van der Waals surface area contributed by atoms with Crippen molar-refractivity contribution >= 4 is 63.3 Å². The van der Waals surface area contributed by atoms with E-state index in [1.165, 1.54) is 21.1 Å². The summed E-state index contributed by atoms with van der Waals surface area (Å²) in [4.78, 5) is 35.3. The molecule has 2 fully saturated rings. The van der Waals surface area contributed by atoms with Crippen LogP contribution in [0.3, 0.4) is 0 Å². The van der Waals surface area contributed by atoms with Gasteiger partial charge in [-0.3, -0.25) is 18.9 Å².